The van der Waals surface area contributed by atoms with Gasteiger partial charge in [-0.2, -0.15) is 0 Å². The van der Waals surface area contributed by atoms with Crippen molar-refractivity contribution >= 4 is 32.8 Å². The summed E-state index contributed by atoms with van der Waals surface area (Å²) in [4.78, 5) is 34.6. The standard InChI is InChI=1S/C20H17BrN2O4/c1-12(20(25)26-2)11-13-7-4-5-8-14(13)18-22-16-10-6-9-15(21)17(16)19(24)23(18)27-3/h4-10H,1,11H2,2-3H3. The first-order chi connectivity index (χ1) is 13.0. The fourth-order valence-electron chi connectivity index (χ4n) is 2.85. The Morgan fingerprint density at radius 1 is 1.19 bits per heavy atom. The highest BCUT2D eigenvalue weighted by Crippen LogP contribution is 2.26. The summed E-state index contributed by atoms with van der Waals surface area (Å²) in [6.07, 6.45) is 0.263. The summed E-state index contributed by atoms with van der Waals surface area (Å²) in [5, 5.41) is 0.430. The number of ether oxygens (including phenoxy) is 1. The fourth-order valence-corrected chi connectivity index (χ4v) is 3.38. The first-order valence-electron chi connectivity index (χ1n) is 8.08. The molecule has 0 radical (unpaired) electrons. The number of fused-ring (bicyclic) bond motifs is 1. The van der Waals surface area contributed by atoms with Crippen molar-refractivity contribution in [3.05, 3.63) is 75.0 Å². The third-order valence-electron chi connectivity index (χ3n) is 4.13. The van der Waals surface area contributed by atoms with E-state index >= 15 is 0 Å². The Balaban J connectivity index is 2.23. The highest BCUT2D eigenvalue weighted by Gasteiger charge is 2.19. The van der Waals surface area contributed by atoms with Crippen LogP contribution < -0.4 is 10.4 Å². The first-order valence-corrected chi connectivity index (χ1v) is 8.87. The number of hydrogen-bond acceptors (Lipinski definition) is 5. The van der Waals surface area contributed by atoms with Crippen molar-refractivity contribution in [1.29, 1.82) is 0 Å². The number of rotatable bonds is 5. The lowest BCUT2D eigenvalue weighted by Gasteiger charge is -2.15. The van der Waals surface area contributed by atoms with Crippen LogP contribution >= 0.6 is 15.9 Å². The van der Waals surface area contributed by atoms with Crippen molar-refractivity contribution in [1.82, 2.24) is 9.71 Å². The Morgan fingerprint density at radius 2 is 1.93 bits per heavy atom. The highest BCUT2D eigenvalue weighted by molar-refractivity contribution is 9.10. The Labute approximate surface area is 164 Å². The molecule has 0 aliphatic carbocycles. The molecule has 0 bridgehead atoms. The molecule has 0 N–H and O–H groups in total. The van der Waals surface area contributed by atoms with Crippen LogP contribution in [0, 0.1) is 0 Å². The maximum atomic E-state index is 12.9. The molecule has 138 valence electrons. The molecule has 0 aliphatic heterocycles. The molecule has 6 nitrogen and oxygen atoms in total. The SMILES string of the molecule is C=C(Cc1ccccc1-c1nc2cccc(Br)c2c(=O)n1OC)C(=O)OC. The van der Waals surface area contributed by atoms with Gasteiger partial charge in [-0.15, -0.1) is 4.73 Å². The zero-order chi connectivity index (χ0) is 19.6. The summed E-state index contributed by atoms with van der Waals surface area (Å²) < 4.78 is 6.51. The average molecular weight is 429 g/mol. The van der Waals surface area contributed by atoms with E-state index in [-0.39, 0.29) is 12.0 Å². The van der Waals surface area contributed by atoms with Crippen molar-refractivity contribution in [2.75, 3.05) is 14.2 Å². The third-order valence-corrected chi connectivity index (χ3v) is 4.79. The van der Waals surface area contributed by atoms with Gasteiger partial charge in [-0.25, -0.2) is 9.78 Å². The zero-order valence-corrected chi connectivity index (χ0v) is 16.4. The van der Waals surface area contributed by atoms with Crippen LogP contribution in [0.5, 0.6) is 0 Å². The second-order valence-electron chi connectivity index (χ2n) is 5.78. The van der Waals surface area contributed by atoms with E-state index < -0.39 is 5.97 Å². The first kappa shape index (κ1) is 18.8. The number of nitrogens with zero attached hydrogens (tertiary/aromatic N) is 2. The lowest BCUT2D eigenvalue weighted by atomic mass is 10.00. The largest absolute Gasteiger partial charge is 0.466 e. The van der Waals surface area contributed by atoms with Gasteiger partial charge in [-0.1, -0.05) is 36.9 Å². The van der Waals surface area contributed by atoms with Gasteiger partial charge in [0.1, 0.15) is 7.11 Å². The van der Waals surface area contributed by atoms with Crippen molar-refractivity contribution in [2.24, 2.45) is 0 Å². The van der Waals surface area contributed by atoms with Crippen molar-refractivity contribution < 1.29 is 14.4 Å². The van der Waals surface area contributed by atoms with E-state index in [9.17, 15) is 9.59 Å². The van der Waals surface area contributed by atoms with E-state index in [1.54, 1.807) is 12.1 Å². The molecule has 0 saturated heterocycles. The molecule has 3 aromatic rings. The summed E-state index contributed by atoms with van der Waals surface area (Å²) in [5.41, 5.74) is 1.97. The van der Waals surface area contributed by atoms with Gasteiger partial charge in [-0.3, -0.25) is 4.79 Å². The molecule has 0 spiro atoms. The zero-order valence-electron chi connectivity index (χ0n) is 14.9. The Hall–Kier alpha value is -2.93. The van der Waals surface area contributed by atoms with Gasteiger partial charge in [0.05, 0.1) is 18.0 Å². The molecule has 7 heteroatoms. The molecular weight excluding hydrogens is 412 g/mol. The number of esters is 1. The Bertz CT molecular complexity index is 1100. The molecule has 1 aromatic heterocycles. The van der Waals surface area contributed by atoms with Gasteiger partial charge in [0, 0.05) is 22.0 Å². The summed E-state index contributed by atoms with van der Waals surface area (Å²) in [7, 11) is 2.72. The topological polar surface area (TPSA) is 70.4 Å². The predicted molar refractivity (Wildman–Crippen MR) is 107 cm³/mol. The number of carbonyl (C=O) groups is 1. The number of halogens is 1. The summed E-state index contributed by atoms with van der Waals surface area (Å²) >= 11 is 3.39. The van der Waals surface area contributed by atoms with Crippen LogP contribution in [-0.2, 0) is 16.0 Å². The number of aromatic nitrogens is 2. The lowest BCUT2D eigenvalue weighted by molar-refractivity contribution is -0.136. The van der Waals surface area contributed by atoms with Crippen molar-refractivity contribution in [2.45, 2.75) is 6.42 Å². The van der Waals surface area contributed by atoms with Gasteiger partial charge < -0.3 is 9.57 Å². The highest BCUT2D eigenvalue weighted by atomic mass is 79.9. The van der Waals surface area contributed by atoms with Crippen molar-refractivity contribution in [3.63, 3.8) is 0 Å². The second-order valence-corrected chi connectivity index (χ2v) is 6.63. The van der Waals surface area contributed by atoms with Crippen LogP contribution in [-0.4, -0.2) is 29.9 Å². The van der Waals surface area contributed by atoms with E-state index in [1.165, 1.54) is 14.2 Å². The fraction of sp³-hybridized carbons (Fsp3) is 0.150. The van der Waals surface area contributed by atoms with Crippen LogP contribution in [0.15, 0.2) is 63.9 Å². The van der Waals surface area contributed by atoms with Gasteiger partial charge in [-0.05, 0) is 33.6 Å². The lowest BCUT2D eigenvalue weighted by Crippen LogP contribution is -2.28. The Morgan fingerprint density at radius 3 is 2.63 bits per heavy atom. The van der Waals surface area contributed by atoms with E-state index in [0.29, 0.717) is 32.3 Å². The molecule has 1 heterocycles. The molecule has 3 rings (SSSR count). The maximum absolute atomic E-state index is 12.9. The van der Waals surface area contributed by atoms with Crippen LogP contribution in [0.25, 0.3) is 22.3 Å². The summed E-state index contributed by atoms with van der Waals surface area (Å²) in [6.45, 7) is 3.78. The average Bonchev–Trinajstić information content (AvgIpc) is 2.67. The predicted octanol–water partition coefficient (Wildman–Crippen LogP) is 3.16. The number of benzene rings is 2. The minimum Gasteiger partial charge on any atom is -0.466 e. The van der Waals surface area contributed by atoms with E-state index in [4.69, 9.17) is 9.57 Å². The summed E-state index contributed by atoms with van der Waals surface area (Å²) in [6, 6.07) is 12.7. The molecule has 0 fully saturated rings. The molecular formula is C20H17BrN2O4. The van der Waals surface area contributed by atoms with Crippen molar-refractivity contribution in [3.8, 4) is 11.4 Å². The van der Waals surface area contributed by atoms with E-state index in [0.717, 1.165) is 10.3 Å². The maximum Gasteiger partial charge on any atom is 0.333 e. The van der Waals surface area contributed by atoms with Crippen LogP contribution in [0.2, 0.25) is 0 Å². The molecule has 0 saturated carbocycles. The van der Waals surface area contributed by atoms with E-state index in [2.05, 4.69) is 27.5 Å². The van der Waals surface area contributed by atoms with Gasteiger partial charge in [0.25, 0.3) is 5.56 Å². The molecule has 27 heavy (non-hydrogen) atoms. The minimum absolute atomic E-state index is 0.263. The quantitative estimate of drug-likeness (QED) is 0.461. The Kier molecular flexibility index (Phi) is 5.41. The molecule has 0 unspecified atom stereocenters. The monoisotopic (exact) mass is 428 g/mol. The minimum atomic E-state index is -0.482. The van der Waals surface area contributed by atoms with Crippen LogP contribution in [0.1, 0.15) is 5.56 Å². The molecule has 0 amide bonds. The smallest absolute Gasteiger partial charge is 0.333 e. The molecule has 0 atom stereocenters. The van der Waals surface area contributed by atoms with Gasteiger partial charge in [0.2, 0.25) is 0 Å². The third kappa shape index (κ3) is 3.50. The number of methoxy groups -OCH3 is 1. The van der Waals surface area contributed by atoms with Crippen LogP contribution in [0.4, 0.5) is 0 Å². The normalized spacial score (nSPS) is 10.6. The van der Waals surface area contributed by atoms with E-state index in [1.807, 2.05) is 30.3 Å². The van der Waals surface area contributed by atoms with Crippen LogP contribution in [0.3, 0.4) is 0 Å². The number of carbonyl (C=O) groups excluding carboxylic acids is 1. The second kappa shape index (κ2) is 7.75. The molecule has 2 aromatic carbocycles. The number of hydrogen-bond donors (Lipinski definition) is 0. The summed E-state index contributed by atoms with van der Waals surface area (Å²) in [5.74, 6) is -0.134. The molecule has 0 aliphatic rings. The van der Waals surface area contributed by atoms with Gasteiger partial charge in [0.15, 0.2) is 5.82 Å². The van der Waals surface area contributed by atoms with Gasteiger partial charge >= 0.3 is 5.97 Å².